The predicted molar refractivity (Wildman–Crippen MR) is 79.9 cm³/mol. The summed E-state index contributed by atoms with van der Waals surface area (Å²) in [7, 11) is 0. The van der Waals surface area contributed by atoms with Gasteiger partial charge >= 0.3 is 6.18 Å². The molecule has 1 atom stereocenters. The minimum absolute atomic E-state index is 0.103. The van der Waals surface area contributed by atoms with E-state index in [0.29, 0.717) is 13.1 Å². The lowest BCUT2D eigenvalue weighted by Gasteiger charge is -2.17. The highest BCUT2D eigenvalue weighted by Crippen LogP contribution is 2.29. The maximum atomic E-state index is 13.0. The Morgan fingerprint density at radius 3 is 2.54 bits per heavy atom. The summed E-state index contributed by atoms with van der Waals surface area (Å²) in [5.74, 6) is -0.344. The zero-order chi connectivity index (χ0) is 17.2. The van der Waals surface area contributed by atoms with Crippen LogP contribution in [0.5, 0.6) is 5.88 Å². The van der Waals surface area contributed by atoms with Gasteiger partial charge in [0, 0.05) is 25.7 Å². The van der Waals surface area contributed by atoms with E-state index in [1.54, 1.807) is 6.07 Å². The standard InChI is InChI=1S/C17H16F4N2O/c18-15-2-1-3-16(22-15)24-14-8-9-23(11-14)10-12-4-6-13(7-5-12)17(19,20)21/h1-7,14H,8-11H2. The summed E-state index contributed by atoms with van der Waals surface area (Å²) in [5, 5.41) is 0. The van der Waals surface area contributed by atoms with Crippen molar-refractivity contribution in [2.24, 2.45) is 0 Å². The van der Waals surface area contributed by atoms with Gasteiger partial charge in [-0.1, -0.05) is 18.2 Å². The monoisotopic (exact) mass is 340 g/mol. The first-order valence-corrected chi connectivity index (χ1v) is 7.58. The molecule has 0 aliphatic carbocycles. The van der Waals surface area contributed by atoms with Gasteiger partial charge in [0.05, 0.1) is 5.56 Å². The number of aromatic nitrogens is 1. The molecular formula is C17H16F4N2O. The number of nitrogens with zero attached hydrogens (tertiary/aromatic N) is 2. The van der Waals surface area contributed by atoms with Gasteiger partial charge in [0.25, 0.3) is 0 Å². The van der Waals surface area contributed by atoms with Gasteiger partial charge in [0.15, 0.2) is 0 Å². The molecule has 24 heavy (non-hydrogen) atoms. The van der Waals surface area contributed by atoms with Crippen molar-refractivity contribution in [2.75, 3.05) is 13.1 Å². The van der Waals surface area contributed by atoms with E-state index in [0.717, 1.165) is 30.7 Å². The number of ether oxygens (including phenoxy) is 1. The average Bonchev–Trinajstić information content (AvgIpc) is 2.94. The van der Waals surface area contributed by atoms with Crippen LogP contribution in [0.15, 0.2) is 42.5 Å². The lowest BCUT2D eigenvalue weighted by molar-refractivity contribution is -0.137. The number of rotatable bonds is 4. The molecule has 128 valence electrons. The first-order chi connectivity index (χ1) is 11.4. The van der Waals surface area contributed by atoms with Crippen LogP contribution >= 0.6 is 0 Å². The summed E-state index contributed by atoms with van der Waals surface area (Å²) >= 11 is 0. The SMILES string of the molecule is Fc1cccc(OC2CCN(Cc3ccc(C(F)(F)F)cc3)C2)n1. The van der Waals surface area contributed by atoms with Crippen LogP contribution in [0.25, 0.3) is 0 Å². The summed E-state index contributed by atoms with van der Waals surface area (Å²) in [5.41, 5.74) is 0.165. The lowest BCUT2D eigenvalue weighted by atomic mass is 10.1. The van der Waals surface area contributed by atoms with Crippen molar-refractivity contribution in [3.63, 3.8) is 0 Å². The summed E-state index contributed by atoms with van der Waals surface area (Å²) in [6, 6.07) is 9.55. The number of pyridine rings is 1. The topological polar surface area (TPSA) is 25.4 Å². The van der Waals surface area contributed by atoms with Crippen LogP contribution in [0.1, 0.15) is 17.5 Å². The summed E-state index contributed by atoms with van der Waals surface area (Å²) < 4.78 is 56.3. The number of alkyl halides is 3. The van der Waals surface area contributed by atoms with Crippen LogP contribution < -0.4 is 4.74 Å². The fraction of sp³-hybridized carbons (Fsp3) is 0.353. The Morgan fingerprint density at radius 1 is 1.12 bits per heavy atom. The van der Waals surface area contributed by atoms with Crippen molar-refractivity contribution in [1.82, 2.24) is 9.88 Å². The van der Waals surface area contributed by atoms with Crippen LogP contribution in [0, 0.1) is 5.95 Å². The van der Waals surface area contributed by atoms with E-state index < -0.39 is 17.7 Å². The molecule has 0 saturated carbocycles. The third-order valence-corrected chi connectivity index (χ3v) is 3.89. The smallest absolute Gasteiger partial charge is 0.416 e. The molecule has 0 bridgehead atoms. The number of likely N-dealkylation sites (tertiary alicyclic amines) is 1. The average molecular weight is 340 g/mol. The molecule has 0 radical (unpaired) electrons. The minimum Gasteiger partial charge on any atom is -0.473 e. The summed E-state index contributed by atoms with van der Waals surface area (Å²) in [6.45, 7) is 1.94. The van der Waals surface area contributed by atoms with Crippen LogP contribution in [0.2, 0.25) is 0 Å². The second-order valence-corrected chi connectivity index (χ2v) is 5.76. The normalized spacial score (nSPS) is 18.8. The maximum absolute atomic E-state index is 13.0. The molecule has 1 aromatic carbocycles. The zero-order valence-corrected chi connectivity index (χ0v) is 12.8. The Morgan fingerprint density at radius 2 is 1.88 bits per heavy atom. The molecular weight excluding hydrogens is 324 g/mol. The van der Waals surface area contributed by atoms with E-state index in [2.05, 4.69) is 9.88 Å². The molecule has 1 aromatic heterocycles. The van der Waals surface area contributed by atoms with Crippen molar-refractivity contribution < 1.29 is 22.3 Å². The molecule has 0 spiro atoms. The predicted octanol–water partition coefficient (Wildman–Crippen LogP) is 3.89. The molecule has 3 rings (SSSR count). The van der Waals surface area contributed by atoms with E-state index in [4.69, 9.17) is 4.74 Å². The molecule has 1 aliphatic rings. The van der Waals surface area contributed by atoms with Crippen LogP contribution in [0.4, 0.5) is 17.6 Å². The molecule has 0 amide bonds. The third-order valence-electron chi connectivity index (χ3n) is 3.89. The molecule has 1 aliphatic heterocycles. The number of hydrogen-bond donors (Lipinski definition) is 0. The molecule has 1 fully saturated rings. The lowest BCUT2D eigenvalue weighted by Crippen LogP contribution is -2.24. The van der Waals surface area contributed by atoms with E-state index in [1.807, 2.05) is 0 Å². The molecule has 2 heterocycles. The van der Waals surface area contributed by atoms with E-state index >= 15 is 0 Å². The van der Waals surface area contributed by atoms with Crippen molar-refractivity contribution in [3.8, 4) is 5.88 Å². The van der Waals surface area contributed by atoms with Crippen LogP contribution in [-0.4, -0.2) is 29.1 Å². The fourth-order valence-electron chi connectivity index (χ4n) is 2.72. The number of halogens is 4. The second kappa shape index (κ2) is 6.76. The Hall–Kier alpha value is -2.15. The van der Waals surface area contributed by atoms with Gasteiger partial charge in [-0.15, -0.1) is 0 Å². The Balaban J connectivity index is 1.54. The highest BCUT2D eigenvalue weighted by atomic mass is 19.4. The second-order valence-electron chi connectivity index (χ2n) is 5.76. The molecule has 0 N–H and O–H groups in total. The van der Waals surface area contributed by atoms with Gasteiger partial charge in [0.1, 0.15) is 6.10 Å². The van der Waals surface area contributed by atoms with Crippen molar-refractivity contribution in [3.05, 3.63) is 59.5 Å². The van der Waals surface area contributed by atoms with Gasteiger partial charge in [-0.3, -0.25) is 4.90 Å². The Kier molecular flexibility index (Phi) is 4.71. The Bertz CT molecular complexity index is 688. The first kappa shape index (κ1) is 16.7. The van der Waals surface area contributed by atoms with Gasteiger partial charge in [0.2, 0.25) is 11.8 Å². The van der Waals surface area contributed by atoms with E-state index in [-0.39, 0.29) is 12.0 Å². The molecule has 1 unspecified atom stereocenters. The third kappa shape index (κ3) is 4.23. The van der Waals surface area contributed by atoms with E-state index in [9.17, 15) is 17.6 Å². The van der Waals surface area contributed by atoms with Crippen molar-refractivity contribution in [2.45, 2.75) is 25.2 Å². The molecule has 2 aromatic rings. The van der Waals surface area contributed by atoms with Crippen LogP contribution in [-0.2, 0) is 12.7 Å². The summed E-state index contributed by atoms with van der Waals surface area (Å²) in [4.78, 5) is 5.75. The van der Waals surface area contributed by atoms with Crippen LogP contribution in [0.3, 0.4) is 0 Å². The first-order valence-electron chi connectivity index (χ1n) is 7.58. The van der Waals surface area contributed by atoms with Gasteiger partial charge in [-0.2, -0.15) is 22.5 Å². The highest BCUT2D eigenvalue weighted by molar-refractivity contribution is 5.24. The highest BCUT2D eigenvalue weighted by Gasteiger charge is 2.30. The number of benzene rings is 1. The van der Waals surface area contributed by atoms with Gasteiger partial charge in [-0.25, -0.2) is 0 Å². The Labute approximate surface area is 136 Å². The van der Waals surface area contributed by atoms with Crippen molar-refractivity contribution in [1.29, 1.82) is 0 Å². The van der Waals surface area contributed by atoms with Gasteiger partial charge < -0.3 is 4.74 Å². The van der Waals surface area contributed by atoms with E-state index in [1.165, 1.54) is 24.3 Å². The zero-order valence-electron chi connectivity index (χ0n) is 12.8. The molecule has 7 heteroatoms. The minimum atomic E-state index is -4.32. The quantitative estimate of drug-likeness (QED) is 0.624. The molecule has 3 nitrogen and oxygen atoms in total. The maximum Gasteiger partial charge on any atom is 0.416 e. The largest absolute Gasteiger partial charge is 0.473 e. The van der Waals surface area contributed by atoms with Gasteiger partial charge in [-0.05, 0) is 30.2 Å². The molecule has 1 saturated heterocycles. The fourth-order valence-corrected chi connectivity index (χ4v) is 2.72. The summed E-state index contributed by atoms with van der Waals surface area (Å²) in [6.07, 6.45) is -3.66. The number of hydrogen-bond acceptors (Lipinski definition) is 3. The van der Waals surface area contributed by atoms with Crippen molar-refractivity contribution >= 4 is 0 Å².